The number of hydrogen-bond donors (Lipinski definition) is 2. The molecule has 4 rings (SSSR count). The highest BCUT2D eigenvalue weighted by molar-refractivity contribution is 6.34. The SMILES string of the molecule is Nc1cccc(Oc2ccc3c(c2)C(=O)N(c2cccc(O)c2)C3=O)c1. The molecule has 0 saturated carbocycles. The zero-order valence-corrected chi connectivity index (χ0v) is 13.5. The molecular weight excluding hydrogens is 332 g/mol. The lowest BCUT2D eigenvalue weighted by molar-refractivity contribution is 0.0926. The molecule has 0 radical (unpaired) electrons. The van der Waals surface area contributed by atoms with Crippen LogP contribution in [0, 0.1) is 0 Å². The van der Waals surface area contributed by atoms with Gasteiger partial charge in [0.2, 0.25) is 0 Å². The molecule has 0 unspecified atom stereocenters. The smallest absolute Gasteiger partial charge is 0.266 e. The van der Waals surface area contributed by atoms with E-state index in [1.165, 1.54) is 18.2 Å². The molecule has 2 amide bonds. The van der Waals surface area contributed by atoms with Gasteiger partial charge in [-0.3, -0.25) is 9.59 Å². The Hall–Kier alpha value is -3.80. The summed E-state index contributed by atoms with van der Waals surface area (Å²) in [5, 5.41) is 9.61. The Morgan fingerprint density at radius 1 is 0.808 bits per heavy atom. The number of nitrogens with two attached hydrogens (primary N) is 1. The van der Waals surface area contributed by atoms with Gasteiger partial charge in [0.05, 0.1) is 16.8 Å². The minimum Gasteiger partial charge on any atom is -0.508 e. The van der Waals surface area contributed by atoms with Gasteiger partial charge in [-0.05, 0) is 42.5 Å². The minimum absolute atomic E-state index is 0.0234. The van der Waals surface area contributed by atoms with Crippen molar-refractivity contribution in [1.29, 1.82) is 0 Å². The van der Waals surface area contributed by atoms with Crippen LogP contribution >= 0.6 is 0 Å². The molecule has 1 aliphatic heterocycles. The van der Waals surface area contributed by atoms with Gasteiger partial charge >= 0.3 is 0 Å². The van der Waals surface area contributed by atoms with E-state index in [-0.39, 0.29) is 11.3 Å². The van der Waals surface area contributed by atoms with Crippen molar-refractivity contribution < 1.29 is 19.4 Å². The number of ether oxygens (including phenoxy) is 1. The molecule has 0 atom stereocenters. The van der Waals surface area contributed by atoms with Gasteiger partial charge in [-0.15, -0.1) is 0 Å². The number of imide groups is 1. The molecule has 3 N–H and O–H groups in total. The Balaban J connectivity index is 1.68. The molecule has 1 aliphatic rings. The van der Waals surface area contributed by atoms with Crippen molar-refractivity contribution in [2.75, 3.05) is 10.6 Å². The first-order valence-corrected chi connectivity index (χ1v) is 7.88. The number of anilines is 2. The van der Waals surface area contributed by atoms with E-state index in [0.29, 0.717) is 28.4 Å². The fraction of sp³-hybridized carbons (Fsp3) is 0. The van der Waals surface area contributed by atoms with E-state index in [4.69, 9.17) is 10.5 Å². The first kappa shape index (κ1) is 15.7. The number of phenolic OH excluding ortho intramolecular Hbond substituents is 1. The molecule has 0 spiro atoms. The lowest BCUT2D eigenvalue weighted by Crippen LogP contribution is -2.29. The summed E-state index contributed by atoms with van der Waals surface area (Å²) in [4.78, 5) is 26.4. The largest absolute Gasteiger partial charge is 0.508 e. The molecular formula is C20H14N2O4. The molecule has 26 heavy (non-hydrogen) atoms. The summed E-state index contributed by atoms with van der Waals surface area (Å²) in [6.07, 6.45) is 0. The number of nitrogens with zero attached hydrogens (tertiary/aromatic N) is 1. The molecule has 0 aromatic heterocycles. The maximum atomic E-state index is 12.7. The summed E-state index contributed by atoms with van der Waals surface area (Å²) in [5.74, 6) is 0.0318. The van der Waals surface area contributed by atoms with Crippen LogP contribution in [0.4, 0.5) is 11.4 Å². The lowest BCUT2D eigenvalue weighted by Gasteiger charge is -2.13. The third-order valence-electron chi connectivity index (χ3n) is 4.04. The zero-order valence-electron chi connectivity index (χ0n) is 13.5. The van der Waals surface area contributed by atoms with Crippen LogP contribution in [0.15, 0.2) is 66.7 Å². The molecule has 1 heterocycles. The number of benzene rings is 3. The predicted molar refractivity (Wildman–Crippen MR) is 96.6 cm³/mol. The highest BCUT2D eigenvalue weighted by Gasteiger charge is 2.37. The summed E-state index contributed by atoms with van der Waals surface area (Å²) in [5.41, 5.74) is 7.15. The Morgan fingerprint density at radius 3 is 2.31 bits per heavy atom. The molecule has 3 aromatic rings. The Labute approximate surface area is 149 Å². The average Bonchev–Trinajstić information content (AvgIpc) is 2.85. The van der Waals surface area contributed by atoms with Gasteiger partial charge in [0.1, 0.15) is 17.2 Å². The number of hydrogen-bond acceptors (Lipinski definition) is 5. The predicted octanol–water partition coefficient (Wildman–Crippen LogP) is 3.57. The number of amides is 2. The summed E-state index contributed by atoms with van der Waals surface area (Å²) in [7, 11) is 0. The maximum absolute atomic E-state index is 12.7. The van der Waals surface area contributed by atoms with Gasteiger partial charge < -0.3 is 15.6 Å². The Morgan fingerprint density at radius 2 is 1.54 bits per heavy atom. The van der Waals surface area contributed by atoms with Crippen LogP contribution in [0.3, 0.4) is 0 Å². The van der Waals surface area contributed by atoms with Crippen molar-refractivity contribution in [2.24, 2.45) is 0 Å². The standard InChI is InChI=1S/C20H14N2O4/c21-12-3-1-6-15(9-12)26-16-7-8-17-18(11-16)20(25)22(19(17)24)13-4-2-5-14(23)10-13/h1-11,23H,21H2. The van der Waals surface area contributed by atoms with E-state index in [1.54, 1.807) is 48.5 Å². The zero-order chi connectivity index (χ0) is 18.3. The number of aromatic hydroxyl groups is 1. The number of rotatable bonds is 3. The van der Waals surface area contributed by atoms with Gasteiger partial charge in [0, 0.05) is 17.8 Å². The highest BCUT2D eigenvalue weighted by Crippen LogP contribution is 2.33. The van der Waals surface area contributed by atoms with Crippen LogP contribution in [-0.2, 0) is 0 Å². The van der Waals surface area contributed by atoms with E-state index in [2.05, 4.69) is 0 Å². The highest BCUT2D eigenvalue weighted by atomic mass is 16.5. The quantitative estimate of drug-likeness (QED) is 0.559. The molecule has 0 aliphatic carbocycles. The van der Waals surface area contributed by atoms with Crippen molar-refractivity contribution in [1.82, 2.24) is 0 Å². The van der Waals surface area contributed by atoms with Gasteiger partial charge in [0.15, 0.2) is 0 Å². The van der Waals surface area contributed by atoms with Crippen LogP contribution in [0.25, 0.3) is 0 Å². The van der Waals surface area contributed by atoms with Crippen LogP contribution in [0.5, 0.6) is 17.2 Å². The molecule has 0 fully saturated rings. The van der Waals surface area contributed by atoms with E-state index in [9.17, 15) is 14.7 Å². The van der Waals surface area contributed by atoms with Crippen molar-refractivity contribution in [3.63, 3.8) is 0 Å². The molecule has 128 valence electrons. The maximum Gasteiger partial charge on any atom is 0.266 e. The van der Waals surface area contributed by atoms with E-state index in [1.807, 2.05) is 0 Å². The fourth-order valence-electron chi connectivity index (χ4n) is 2.86. The lowest BCUT2D eigenvalue weighted by atomic mass is 10.1. The summed E-state index contributed by atoms with van der Waals surface area (Å²) >= 11 is 0. The molecule has 0 saturated heterocycles. The molecule has 6 heteroatoms. The second-order valence-electron chi connectivity index (χ2n) is 5.85. The van der Waals surface area contributed by atoms with Crippen molar-refractivity contribution >= 4 is 23.2 Å². The third-order valence-corrected chi connectivity index (χ3v) is 4.04. The normalized spacial score (nSPS) is 13.0. The van der Waals surface area contributed by atoms with Crippen molar-refractivity contribution in [3.8, 4) is 17.2 Å². The third kappa shape index (κ3) is 2.63. The van der Waals surface area contributed by atoms with E-state index >= 15 is 0 Å². The number of carbonyl (C=O) groups is 2. The topological polar surface area (TPSA) is 92.9 Å². The van der Waals surface area contributed by atoms with E-state index < -0.39 is 11.8 Å². The second kappa shape index (κ2) is 5.93. The fourth-order valence-corrected chi connectivity index (χ4v) is 2.86. The van der Waals surface area contributed by atoms with E-state index in [0.717, 1.165) is 4.90 Å². The molecule has 3 aromatic carbocycles. The summed E-state index contributed by atoms with van der Waals surface area (Å²) in [6, 6.07) is 17.6. The van der Waals surface area contributed by atoms with Crippen LogP contribution in [0.1, 0.15) is 20.7 Å². The number of fused-ring (bicyclic) bond motifs is 1. The Kier molecular flexibility index (Phi) is 3.58. The van der Waals surface area contributed by atoms with Crippen molar-refractivity contribution in [2.45, 2.75) is 0 Å². The summed E-state index contributed by atoms with van der Waals surface area (Å²) < 4.78 is 5.73. The van der Waals surface area contributed by atoms with Crippen LogP contribution in [-0.4, -0.2) is 16.9 Å². The minimum atomic E-state index is -0.464. The van der Waals surface area contributed by atoms with Crippen LogP contribution in [0.2, 0.25) is 0 Å². The monoisotopic (exact) mass is 346 g/mol. The van der Waals surface area contributed by atoms with Gasteiger partial charge in [-0.25, -0.2) is 4.90 Å². The first-order valence-electron chi connectivity index (χ1n) is 7.88. The van der Waals surface area contributed by atoms with Crippen LogP contribution < -0.4 is 15.4 Å². The average molecular weight is 346 g/mol. The second-order valence-corrected chi connectivity index (χ2v) is 5.85. The Bertz CT molecular complexity index is 1050. The first-order chi connectivity index (χ1) is 12.5. The number of phenols is 1. The summed E-state index contributed by atoms with van der Waals surface area (Å²) in [6.45, 7) is 0. The number of nitrogen functional groups attached to an aromatic ring is 1. The molecule has 6 nitrogen and oxygen atoms in total. The number of carbonyl (C=O) groups excluding carboxylic acids is 2. The molecule has 0 bridgehead atoms. The van der Waals surface area contributed by atoms with Crippen molar-refractivity contribution in [3.05, 3.63) is 77.9 Å². The van der Waals surface area contributed by atoms with Gasteiger partial charge in [0.25, 0.3) is 11.8 Å². The van der Waals surface area contributed by atoms with Gasteiger partial charge in [-0.2, -0.15) is 0 Å². The van der Waals surface area contributed by atoms with Gasteiger partial charge in [-0.1, -0.05) is 12.1 Å².